The van der Waals surface area contributed by atoms with Crippen LogP contribution >= 0.6 is 0 Å². The molecule has 0 atom stereocenters. The van der Waals surface area contributed by atoms with Gasteiger partial charge in [0.05, 0.1) is 0 Å². The van der Waals surface area contributed by atoms with Crippen LogP contribution in [-0.2, 0) is 32.6 Å². The molecule has 0 fully saturated rings. The van der Waals surface area contributed by atoms with Crippen molar-refractivity contribution in [1.82, 2.24) is 0 Å². The van der Waals surface area contributed by atoms with Gasteiger partial charge in [-0.2, -0.15) is 6.07 Å². The van der Waals surface area contributed by atoms with Crippen molar-refractivity contribution >= 4 is 10.8 Å². The normalized spacial score (nSPS) is 8.29. The fourth-order valence-electron chi connectivity index (χ4n) is 1.74. The van der Waals surface area contributed by atoms with E-state index in [-0.39, 0.29) is 81.6 Å². The maximum absolute atomic E-state index is 2.31. The van der Waals surface area contributed by atoms with Crippen molar-refractivity contribution in [3.63, 3.8) is 0 Å². The van der Waals surface area contributed by atoms with E-state index in [1.54, 1.807) is 0 Å². The topological polar surface area (TPSA) is 0 Å². The molecule has 2 aromatic rings. The zero-order valence-corrected chi connectivity index (χ0v) is 17.1. The quantitative estimate of drug-likeness (QED) is 0.330. The van der Waals surface area contributed by atoms with Crippen molar-refractivity contribution in [1.29, 1.82) is 0 Å². The standard InChI is InChI=1S/C13H15.CH3.2HI.Zr/c1-2-3-6-11-9-12-7-4-5-8-13(12)10-11;;;;/h4-5,7-10H,2-3,6H2,1H3;1H3;2*1H;/q2*-1;;;+4/p-2. The fourth-order valence-corrected chi connectivity index (χ4v) is 1.74. The average molecular weight is 531 g/mol. The van der Waals surface area contributed by atoms with Crippen LogP contribution in [0.15, 0.2) is 36.4 Å². The van der Waals surface area contributed by atoms with Crippen LogP contribution in [-0.4, -0.2) is 0 Å². The van der Waals surface area contributed by atoms with Crippen LogP contribution in [0.25, 0.3) is 10.8 Å². The number of hydrogen-bond acceptors (Lipinski definition) is 0. The number of fused-ring (bicyclic) bond motifs is 1. The molecule has 2 rings (SSSR count). The third kappa shape index (κ3) is 6.77. The van der Waals surface area contributed by atoms with Crippen molar-refractivity contribution in [2.45, 2.75) is 26.2 Å². The van der Waals surface area contributed by atoms with Crippen LogP contribution < -0.4 is 48.0 Å². The first-order valence-electron chi connectivity index (χ1n) is 5.04. The summed E-state index contributed by atoms with van der Waals surface area (Å²) in [4.78, 5) is 0. The summed E-state index contributed by atoms with van der Waals surface area (Å²) in [6.45, 7) is 2.24. The molecule has 3 heteroatoms. The third-order valence-corrected chi connectivity index (χ3v) is 2.50. The molecular weight excluding hydrogens is 513 g/mol. The summed E-state index contributed by atoms with van der Waals surface area (Å²) in [6.07, 6.45) is 3.81. The minimum Gasteiger partial charge on any atom is -1.00 e. The van der Waals surface area contributed by atoms with Crippen LogP contribution in [0.3, 0.4) is 0 Å². The van der Waals surface area contributed by atoms with E-state index in [0.29, 0.717) is 0 Å². The molecule has 0 nitrogen and oxygen atoms in total. The van der Waals surface area contributed by atoms with Gasteiger partial charge in [-0.05, 0) is 6.42 Å². The minimum absolute atomic E-state index is 0. The van der Waals surface area contributed by atoms with Gasteiger partial charge in [-0.25, -0.2) is 0 Å². The molecule has 0 aliphatic carbocycles. The van der Waals surface area contributed by atoms with E-state index in [9.17, 15) is 0 Å². The van der Waals surface area contributed by atoms with Gasteiger partial charge in [0.1, 0.15) is 0 Å². The Morgan fingerprint density at radius 1 is 1.12 bits per heavy atom. The first-order chi connectivity index (χ1) is 6.40. The summed E-state index contributed by atoms with van der Waals surface area (Å²) in [5, 5.41) is 2.77. The van der Waals surface area contributed by atoms with E-state index in [0.717, 1.165) is 0 Å². The largest absolute Gasteiger partial charge is 4.00 e. The van der Waals surface area contributed by atoms with Gasteiger partial charge in [-0.1, -0.05) is 25.8 Å². The first-order valence-corrected chi connectivity index (χ1v) is 5.04. The number of halogens is 2. The van der Waals surface area contributed by atoms with Crippen molar-refractivity contribution in [2.24, 2.45) is 0 Å². The third-order valence-electron chi connectivity index (χ3n) is 2.50. The Morgan fingerprint density at radius 3 is 2.35 bits per heavy atom. The summed E-state index contributed by atoms with van der Waals surface area (Å²) in [6, 6.07) is 13.2. The number of aryl methyl sites for hydroxylation is 1. The van der Waals surface area contributed by atoms with Gasteiger partial charge in [0.15, 0.2) is 0 Å². The van der Waals surface area contributed by atoms with Crippen molar-refractivity contribution in [3.05, 3.63) is 49.4 Å². The fraction of sp³-hybridized carbons (Fsp3) is 0.286. The van der Waals surface area contributed by atoms with Gasteiger partial charge >= 0.3 is 26.2 Å². The molecule has 0 aromatic heterocycles. The number of unbranched alkanes of at least 4 members (excludes halogenated alkanes) is 1. The van der Waals surface area contributed by atoms with Crippen LogP contribution in [0.4, 0.5) is 0 Å². The Labute approximate surface area is 158 Å². The van der Waals surface area contributed by atoms with Crippen LogP contribution in [0.2, 0.25) is 0 Å². The molecule has 0 aliphatic rings. The summed E-state index contributed by atoms with van der Waals surface area (Å²) in [7, 11) is 0. The molecule has 17 heavy (non-hydrogen) atoms. The summed E-state index contributed by atoms with van der Waals surface area (Å²) >= 11 is 0. The van der Waals surface area contributed by atoms with E-state index in [2.05, 4.69) is 43.3 Å². The van der Waals surface area contributed by atoms with Gasteiger partial charge in [0.25, 0.3) is 0 Å². The summed E-state index contributed by atoms with van der Waals surface area (Å²) in [5.41, 5.74) is 1.49. The smallest absolute Gasteiger partial charge is 1.00 e. The zero-order chi connectivity index (χ0) is 9.10. The van der Waals surface area contributed by atoms with E-state index in [1.165, 1.54) is 35.6 Å². The predicted molar refractivity (Wildman–Crippen MR) is 64.6 cm³/mol. The summed E-state index contributed by atoms with van der Waals surface area (Å²) < 4.78 is 0. The monoisotopic (exact) mass is 530 g/mol. The molecule has 0 saturated heterocycles. The first kappa shape index (κ1) is 23.3. The van der Waals surface area contributed by atoms with E-state index in [1.807, 2.05) is 0 Å². The van der Waals surface area contributed by atoms with Crippen LogP contribution in [0.5, 0.6) is 0 Å². The molecular formula is C14H18I2Zr. The Kier molecular flexibility index (Phi) is 16.7. The van der Waals surface area contributed by atoms with Crippen LogP contribution in [0.1, 0.15) is 25.3 Å². The van der Waals surface area contributed by atoms with Crippen molar-refractivity contribution < 1.29 is 74.2 Å². The van der Waals surface area contributed by atoms with Crippen LogP contribution in [0, 0.1) is 7.43 Å². The van der Waals surface area contributed by atoms with Gasteiger partial charge in [-0.15, -0.1) is 40.6 Å². The molecule has 0 bridgehead atoms. The second-order valence-electron chi connectivity index (χ2n) is 3.60. The zero-order valence-electron chi connectivity index (χ0n) is 10.3. The molecule has 92 valence electrons. The molecule has 0 spiro atoms. The molecule has 2 aromatic carbocycles. The minimum atomic E-state index is 0. The second kappa shape index (κ2) is 12.2. The van der Waals surface area contributed by atoms with E-state index >= 15 is 0 Å². The predicted octanol–water partition coefficient (Wildman–Crippen LogP) is -1.64. The van der Waals surface area contributed by atoms with Crippen molar-refractivity contribution in [2.75, 3.05) is 0 Å². The Hall–Kier alpha value is 1.17. The Balaban J connectivity index is -0.000000490. The molecule has 0 N–H and O–H groups in total. The maximum atomic E-state index is 2.31. The number of rotatable bonds is 3. The van der Waals surface area contributed by atoms with Gasteiger partial charge < -0.3 is 55.4 Å². The van der Waals surface area contributed by atoms with E-state index in [4.69, 9.17) is 0 Å². The Bertz CT molecular complexity index is 363. The average Bonchev–Trinajstić information content (AvgIpc) is 2.57. The van der Waals surface area contributed by atoms with Gasteiger partial charge in [-0.3, -0.25) is 0 Å². The molecule has 0 radical (unpaired) electrons. The second-order valence-corrected chi connectivity index (χ2v) is 3.60. The van der Waals surface area contributed by atoms with Gasteiger partial charge in [0.2, 0.25) is 0 Å². The Morgan fingerprint density at radius 2 is 1.76 bits per heavy atom. The number of hydrogen-bond donors (Lipinski definition) is 0. The van der Waals surface area contributed by atoms with Gasteiger partial charge in [0, 0.05) is 0 Å². The van der Waals surface area contributed by atoms with Crippen molar-refractivity contribution in [3.8, 4) is 0 Å². The summed E-state index contributed by atoms with van der Waals surface area (Å²) in [5.74, 6) is 0. The molecule has 0 heterocycles. The molecule has 0 amide bonds. The van der Waals surface area contributed by atoms with E-state index < -0.39 is 0 Å². The molecule has 0 aliphatic heterocycles. The molecule has 0 unspecified atom stereocenters. The molecule has 0 saturated carbocycles. The number of benzene rings is 1. The SMILES string of the molecule is CCCCc1cc2ccccc2[cH-]1.[CH3-].[I-].[I-].[Zr+4]. The maximum Gasteiger partial charge on any atom is 4.00 e.